The molecule has 0 atom stereocenters. The smallest absolute Gasteiger partial charge is 0.104 e. The predicted octanol–water partition coefficient (Wildman–Crippen LogP) is 4.56. The Labute approximate surface area is 133 Å². The maximum atomic E-state index is 5.62. The third kappa shape index (κ3) is 3.73. The zero-order valence-electron chi connectivity index (χ0n) is 11.5. The van der Waals surface area contributed by atoms with E-state index in [1.807, 2.05) is 17.8 Å². The highest BCUT2D eigenvalue weighted by Gasteiger charge is 2.05. The summed E-state index contributed by atoms with van der Waals surface area (Å²) in [7, 11) is 0. The minimum Gasteiger partial charge on any atom is -0.326 e. The van der Waals surface area contributed by atoms with E-state index >= 15 is 0 Å². The van der Waals surface area contributed by atoms with Crippen LogP contribution in [-0.4, -0.2) is 4.98 Å². The van der Waals surface area contributed by atoms with Crippen molar-refractivity contribution in [2.75, 3.05) is 0 Å². The summed E-state index contributed by atoms with van der Waals surface area (Å²) in [5, 5.41) is 3.28. The molecule has 2 nitrogen and oxygen atoms in total. The number of aromatic nitrogens is 1. The maximum Gasteiger partial charge on any atom is 0.104 e. The predicted molar refractivity (Wildman–Crippen MR) is 91.4 cm³/mol. The maximum absolute atomic E-state index is 5.62. The minimum atomic E-state index is 0.580. The summed E-state index contributed by atoms with van der Waals surface area (Å²) in [5.41, 5.74) is 8.97. The van der Waals surface area contributed by atoms with E-state index in [1.54, 1.807) is 11.3 Å². The Balaban J connectivity index is 1.68. The van der Waals surface area contributed by atoms with E-state index in [0.717, 1.165) is 27.6 Å². The third-order valence-electron chi connectivity index (χ3n) is 3.14. The van der Waals surface area contributed by atoms with Crippen LogP contribution in [0.3, 0.4) is 0 Å². The lowest BCUT2D eigenvalue weighted by Crippen LogP contribution is -1.95. The van der Waals surface area contributed by atoms with Gasteiger partial charge in [-0.3, -0.25) is 0 Å². The van der Waals surface area contributed by atoms with Gasteiger partial charge in [-0.15, -0.1) is 23.1 Å². The number of thiazole rings is 1. The molecule has 106 valence electrons. The molecule has 0 saturated carbocycles. The van der Waals surface area contributed by atoms with Crippen LogP contribution in [0.15, 0.2) is 64.9 Å². The highest BCUT2D eigenvalue weighted by Crippen LogP contribution is 2.27. The SMILES string of the molecule is NCc1ccc(-c2csc(CSc3ccccc3)n2)cc1. The van der Waals surface area contributed by atoms with Crippen LogP contribution in [0.2, 0.25) is 0 Å². The fourth-order valence-corrected chi connectivity index (χ4v) is 3.72. The molecule has 0 amide bonds. The van der Waals surface area contributed by atoms with Crippen molar-refractivity contribution in [3.05, 3.63) is 70.5 Å². The number of benzene rings is 2. The van der Waals surface area contributed by atoms with Crippen molar-refractivity contribution in [3.8, 4) is 11.3 Å². The Morgan fingerprint density at radius 3 is 2.48 bits per heavy atom. The topological polar surface area (TPSA) is 38.9 Å². The van der Waals surface area contributed by atoms with Crippen molar-refractivity contribution >= 4 is 23.1 Å². The molecule has 0 spiro atoms. The summed E-state index contributed by atoms with van der Waals surface area (Å²) >= 11 is 3.54. The van der Waals surface area contributed by atoms with E-state index in [4.69, 9.17) is 10.7 Å². The lowest BCUT2D eigenvalue weighted by molar-refractivity contribution is 1.07. The van der Waals surface area contributed by atoms with Gasteiger partial charge in [0.05, 0.1) is 11.4 Å². The molecule has 1 heterocycles. The van der Waals surface area contributed by atoms with E-state index in [0.29, 0.717) is 6.54 Å². The number of hydrogen-bond acceptors (Lipinski definition) is 4. The van der Waals surface area contributed by atoms with Gasteiger partial charge in [0.2, 0.25) is 0 Å². The van der Waals surface area contributed by atoms with Crippen LogP contribution in [0.5, 0.6) is 0 Å². The van der Waals surface area contributed by atoms with Gasteiger partial charge in [-0.05, 0) is 17.7 Å². The summed E-state index contributed by atoms with van der Waals surface area (Å²) < 4.78 is 0. The third-order valence-corrected chi connectivity index (χ3v) is 5.20. The van der Waals surface area contributed by atoms with Crippen molar-refractivity contribution < 1.29 is 0 Å². The number of nitrogens with two attached hydrogens (primary N) is 1. The molecular weight excluding hydrogens is 296 g/mol. The number of nitrogens with zero attached hydrogens (tertiary/aromatic N) is 1. The van der Waals surface area contributed by atoms with E-state index in [9.17, 15) is 0 Å². The lowest BCUT2D eigenvalue weighted by Gasteiger charge is -2.00. The van der Waals surface area contributed by atoms with Crippen molar-refractivity contribution in [1.29, 1.82) is 0 Å². The molecule has 4 heteroatoms. The van der Waals surface area contributed by atoms with Gasteiger partial charge in [0.25, 0.3) is 0 Å². The van der Waals surface area contributed by atoms with Gasteiger partial charge in [0, 0.05) is 22.4 Å². The highest BCUT2D eigenvalue weighted by atomic mass is 32.2. The second kappa shape index (κ2) is 6.89. The monoisotopic (exact) mass is 312 g/mol. The largest absolute Gasteiger partial charge is 0.326 e. The van der Waals surface area contributed by atoms with Crippen LogP contribution in [-0.2, 0) is 12.3 Å². The van der Waals surface area contributed by atoms with Crippen molar-refractivity contribution in [3.63, 3.8) is 0 Å². The second-order valence-electron chi connectivity index (χ2n) is 4.63. The molecule has 3 rings (SSSR count). The van der Waals surface area contributed by atoms with Gasteiger partial charge in [-0.25, -0.2) is 4.98 Å². The van der Waals surface area contributed by atoms with Gasteiger partial charge in [-0.1, -0.05) is 42.5 Å². The molecule has 0 aliphatic carbocycles. The van der Waals surface area contributed by atoms with Crippen LogP contribution in [0.4, 0.5) is 0 Å². The fraction of sp³-hybridized carbons (Fsp3) is 0.118. The summed E-state index contributed by atoms with van der Waals surface area (Å²) in [4.78, 5) is 6.00. The Hall–Kier alpha value is -1.62. The fourth-order valence-electron chi connectivity index (χ4n) is 1.98. The molecule has 0 radical (unpaired) electrons. The van der Waals surface area contributed by atoms with Crippen molar-refractivity contribution in [2.45, 2.75) is 17.2 Å². The first-order chi connectivity index (χ1) is 10.3. The van der Waals surface area contributed by atoms with Crippen LogP contribution >= 0.6 is 23.1 Å². The van der Waals surface area contributed by atoms with Gasteiger partial charge in [0.15, 0.2) is 0 Å². The highest BCUT2D eigenvalue weighted by molar-refractivity contribution is 7.98. The normalized spacial score (nSPS) is 10.7. The zero-order valence-corrected chi connectivity index (χ0v) is 13.2. The molecule has 2 N–H and O–H groups in total. The molecule has 2 aromatic carbocycles. The Kier molecular flexibility index (Phi) is 4.70. The van der Waals surface area contributed by atoms with Crippen molar-refractivity contribution in [1.82, 2.24) is 4.98 Å². The first-order valence-corrected chi connectivity index (χ1v) is 8.63. The van der Waals surface area contributed by atoms with Gasteiger partial charge in [0.1, 0.15) is 5.01 Å². The van der Waals surface area contributed by atoms with Gasteiger partial charge in [-0.2, -0.15) is 0 Å². The van der Waals surface area contributed by atoms with Gasteiger partial charge >= 0.3 is 0 Å². The molecular formula is C17H16N2S2. The standard InChI is InChI=1S/C17H16N2S2/c18-10-13-6-8-14(9-7-13)16-11-21-17(19-16)12-20-15-4-2-1-3-5-15/h1-9,11H,10,12,18H2. The van der Waals surface area contributed by atoms with Crippen LogP contribution in [0.1, 0.15) is 10.6 Å². The molecule has 0 saturated heterocycles. The van der Waals surface area contributed by atoms with E-state index < -0.39 is 0 Å². The van der Waals surface area contributed by atoms with Crippen LogP contribution in [0, 0.1) is 0 Å². The summed E-state index contributed by atoms with van der Waals surface area (Å²) in [6, 6.07) is 18.7. The first kappa shape index (κ1) is 14.3. The van der Waals surface area contributed by atoms with Gasteiger partial charge < -0.3 is 5.73 Å². The molecule has 0 bridgehead atoms. The zero-order chi connectivity index (χ0) is 14.5. The molecule has 3 aromatic rings. The van der Waals surface area contributed by atoms with E-state index in [1.165, 1.54) is 4.90 Å². The molecule has 0 aliphatic heterocycles. The van der Waals surface area contributed by atoms with Crippen LogP contribution in [0.25, 0.3) is 11.3 Å². The Bertz CT molecular complexity index is 690. The average Bonchev–Trinajstić information content (AvgIpc) is 3.03. The molecule has 0 fully saturated rings. The quantitative estimate of drug-likeness (QED) is 0.702. The molecule has 1 aromatic heterocycles. The van der Waals surface area contributed by atoms with E-state index in [2.05, 4.69) is 53.9 Å². The van der Waals surface area contributed by atoms with Crippen LogP contribution < -0.4 is 5.73 Å². The first-order valence-electron chi connectivity index (χ1n) is 6.77. The molecule has 21 heavy (non-hydrogen) atoms. The number of rotatable bonds is 5. The lowest BCUT2D eigenvalue weighted by atomic mass is 10.1. The number of thioether (sulfide) groups is 1. The number of hydrogen-bond donors (Lipinski definition) is 1. The Morgan fingerprint density at radius 2 is 1.76 bits per heavy atom. The minimum absolute atomic E-state index is 0.580. The van der Waals surface area contributed by atoms with E-state index in [-0.39, 0.29) is 0 Å². The molecule has 0 unspecified atom stereocenters. The summed E-state index contributed by atoms with van der Waals surface area (Å²) in [5.74, 6) is 0.912. The average molecular weight is 312 g/mol. The summed E-state index contributed by atoms with van der Waals surface area (Å²) in [6.07, 6.45) is 0. The Morgan fingerprint density at radius 1 is 1.00 bits per heavy atom. The summed E-state index contributed by atoms with van der Waals surface area (Å²) in [6.45, 7) is 0.580. The molecule has 0 aliphatic rings. The van der Waals surface area contributed by atoms with Crippen molar-refractivity contribution in [2.24, 2.45) is 5.73 Å². The second-order valence-corrected chi connectivity index (χ2v) is 6.62.